The Bertz CT molecular complexity index is 530. The first kappa shape index (κ1) is 11.1. The highest BCUT2D eigenvalue weighted by atomic mass is 79.9. The van der Waals surface area contributed by atoms with Crippen LogP contribution in [-0.4, -0.2) is 4.98 Å². The summed E-state index contributed by atoms with van der Waals surface area (Å²) in [4.78, 5) is 5.35. The third-order valence-electron chi connectivity index (χ3n) is 1.94. The normalized spacial score (nSPS) is 9.75. The summed E-state index contributed by atoms with van der Waals surface area (Å²) in [6.07, 6.45) is 0. The zero-order valence-electron chi connectivity index (χ0n) is 8.27. The molecule has 0 saturated heterocycles. The molecule has 0 aliphatic heterocycles. The van der Waals surface area contributed by atoms with Gasteiger partial charge in [0.05, 0.1) is 10.3 Å². The molecule has 0 aliphatic carbocycles. The summed E-state index contributed by atoms with van der Waals surface area (Å²) in [7, 11) is 0. The van der Waals surface area contributed by atoms with Crippen molar-refractivity contribution in [3.63, 3.8) is 0 Å². The van der Waals surface area contributed by atoms with Gasteiger partial charge in [-0.1, -0.05) is 6.07 Å². The minimum Gasteiger partial charge on any atom is -0.365 e. The number of nitrogens with zero attached hydrogens (tertiary/aromatic N) is 2. The Morgan fingerprint density at radius 3 is 2.94 bits per heavy atom. The SMILES string of the molecule is N#Cc1cccc(NCc2ccc(Br)s2)n1. The maximum atomic E-state index is 8.71. The zero-order valence-corrected chi connectivity index (χ0v) is 10.7. The van der Waals surface area contributed by atoms with Gasteiger partial charge in [-0.2, -0.15) is 5.26 Å². The molecule has 0 spiro atoms. The molecule has 16 heavy (non-hydrogen) atoms. The third-order valence-corrected chi connectivity index (χ3v) is 3.56. The lowest BCUT2D eigenvalue weighted by Gasteiger charge is -2.03. The second-order valence-corrected chi connectivity index (χ2v) is 5.63. The molecule has 2 aromatic rings. The van der Waals surface area contributed by atoms with E-state index in [-0.39, 0.29) is 0 Å². The van der Waals surface area contributed by atoms with E-state index in [0.29, 0.717) is 5.69 Å². The molecule has 0 amide bonds. The van der Waals surface area contributed by atoms with E-state index in [1.807, 2.05) is 24.3 Å². The van der Waals surface area contributed by atoms with Crippen LogP contribution in [0.5, 0.6) is 0 Å². The van der Waals surface area contributed by atoms with Crippen molar-refractivity contribution in [2.75, 3.05) is 5.32 Å². The summed E-state index contributed by atoms with van der Waals surface area (Å²) in [5.74, 6) is 0.726. The van der Waals surface area contributed by atoms with Gasteiger partial charge in [-0.25, -0.2) is 4.98 Å². The van der Waals surface area contributed by atoms with Gasteiger partial charge in [-0.05, 0) is 40.2 Å². The maximum Gasteiger partial charge on any atom is 0.142 e. The summed E-state index contributed by atoms with van der Waals surface area (Å²) in [6, 6.07) is 11.4. The van der Waals surface area contributed by atoms with Gasteiger partial charge < -0.3 is 5.32 Å². The quantitative estimate of drug-likeness (QED) is 0.944. The van der Waals surface area contributed by atoms with E-state index in [1.54, 1.807) is 17.4 Å². The van der Waals surface area contributed by atoms with Crippen molar-refractivity contribution in [3.05, 3.63) is 44.7 Å². The summed E-state index contributed by atoms with van der Waals surface area (Å²) < 4.78 is 1.11. The van der Waals surface area contributed by atoms with Crippen molar-refractivity contribution in [2.45, 2.75) is 6.54 Å². The summed E-state index contributed by atoms with van der Waals surface area (Å²) in [5, 5.41) is 11.9. The van der Waals surface area contributed by atoms with Gasteiger partial charge in [-0.15, -0.1) is 11.3 Å². The topological polar surface area (TPSA) is 48.7 Å². The van der Waals surface area contributed by atoms with E-state index >= 15 is 0 Å². The largest absolute Gasteiger partial charge is 0.365 e. The number of pyridine rings is 1. The first-order chi connectivity index (χ1) is 7.78. The van der Waals surface area contributed by atoms with Gasteiger partial charge in [0.2, 0.25) is 0 Å². The number of nitriles is 1. The van der Waals surface area contributed by atoms with Gasteiger partial charge in [0.1, 0.15) is 17.6 Å². The van der Waals surface area contributed by atoms with Crippen LogP contribution in [0.3, 0.4) is 0 Å². The number of rotatable bonds is 3. The molecule has 0 fully saturated rings. The first-order valence-corrected chi connectivity index (χ1v) is 6.24. The van der Waals surface area contributed by atoms with Gasteiger partial charge >= 0.3 is 0 Å². The number of halogens is 1. The van der Waals surface area contributed by atoms with Gasteiger partial charge in [0, 0.05) is 4.88 Å². The van der Waals surface area contributed by atoms with Gasteiger partial charge in [-0.3, -0.25) is 0 Å². The standard InChI is InChI=1S/C11H8BrN3S/c12-10-5-4-9(16-10)7-14-11-3-1-2-8(6-13)15-11/h1-5H,7H2,(H,14,15). The molecule has 2 rings (SSSR count). The van der Waals surface area contributed by atoms with E-state index in [9.17, 15) is 0 Å². The van der Waals surface area contributed by atoms with E-state index < -0.39 is 0 Å². The van der Waals surface area contributed by atoms with Gasteiger partial charge in [0.15, 0.2) is 0 Å². The highest BCUT2D eigenvalue weighted by molar-refractivity contribution is 9.11. The molecule has 0 aromatic carbocycles. The molecule has 80 valence electrons. The lowest BCUT2D eigenvalue weighted by atomic mass is 10.3. The Hall–Kier alpha value is -1.38. The lowest BCUT2D eigenvalue weighted by Crippen LogP contribution is -2.00. The van der Waals surface area contributed by atoms with Crippen molar-refractivity contribution < 1.29 is 0 Å². The smallest absolute Gasteiger partial charge is 0.142 e. The molecule has 1 N–H and O–H groups in total. The summed E-state index contributed by atoms with van der Waals surface area (Å²) >= 11 is 5.09. The van der Waals surface area contributed by atoms with Crippen LogP contribution in [0.4, 0.5) is 5.82 Å². The fraction of sp³-hybridized carbons (Fsp3) is 0.0909. The molecule has 2 aromatic heterocycles. The minimum atomic E-state index is 0.428. The Morgan fingerprint density at radius 2 is 2.25 bits per heavy atom. The van der Waals surface area contributed by atoms with Crippen LogP contribution < -0.4 is 5.32 Å². The fourth-order valence-electron chi connectivity index (χ4n) is 1.22. The second-order valence-electron chi connectivity index (χ2n) is 3.08. The van der Waals surface area contributed by atoms with Crippen molar-refractivity contribution in [1.82, 2.24) is 4.98 Å². The van der Waals surface area contributed by atoms with Crippen molar-refractivity contribution in [2.24, 2.45) is 0 Å². The van der Waals surface area contributed by atoms with Crippen LogP contribution in [0.2, 0.25) is 0 Å². The zero-order chi connectivity index (χ0) is 11.4. The monoisotopic (exact) mass is 293 g/mol. The van der Waals surface area contributed by atoms with E-state index in [2.05, 4.69) is 32.3 Å². The molecule has 2 heterocycles. The number of aromatic nitrogens is 1. The van der Waals surface area contributed by atoms with Crippen molar-refractivity contribution >= 4 is 33.1 Å². The molecule has 0 bridgehead atoms. The Balaban J connectivity index is 2.02. The molecule has 0 radical (unpaired) electrons. The van der Waals surface area contributed by atoms with Crippen molar-refractivity contribution in [1.29, 1.82) is 5.26 Å². The second kappa shape index (κ2) is 5.10. The van der Waals surface area contributed by atoms with E-state index in [1.165, 1.54) is 4.88 Å². The predicted octanol–water partition coefficient (Wildman–Crippen LogP) is 3.39. The Labute approximate surface area is 106 Å². The van der Waals surface area contributed by atoms with Gasteiger partial charge in [0.25, 0.3) is 0 Å². The molecule has 0 atom stereocenters. The van der Waals surface area contributed by atoms with Crippen LogP contribution in [0, 0.1) is 11.3 Å². The molecule has 0 unspecified atom stereocenters. The van der Waals surface area contributed by atoms with Crippen LogP contribution >= 0.6 is 27.3 Å². The number of hydrogen-bond acceptors (Lipinski definition) is 4. The fourth-order valence-corrected chi connectivity index (χ4v) is 2.64. The average Bonchev–Trinajstić information content (AvgIpc) is 2.73. The van der Waals surface area contributed by atoms with Crippen molar-refractivity contribution in [3.8, 4) is 6.07 Å². The Morgan fingerprint density at radius 1 is 1.38 bits per heavy atom. The molecule has 5 heteroatoms. The molecular formula is C11H8BrN3S. The highest BCUT2D eigenvalue weighted by Gasteiger charge is 1.99. The highest BCUT2D eigenvalue weighted by Crippen LogP contribution is 2.22. The van der Waals surface area contributed by atoms with E-state index in [4.69, 9.17) is 5.26 Å². The third kappa shape index (κ3) is 2.81. The average molecular weight is 294 g/mol. The number of hydrogen-bond donors (Lipinski definition) is 1. The lowest BCUT2D eigenvalue weighted by molar-refractivity contribution is 1.13. The maximum absolute atomic E-state index is 8.71. The van der Waals surface area contributed by atoms with E-state index in [0.717, 1.165) is 16.1 Å². The molecule has 0 saturated carbocycles. The summed E-state index contributed by atoms with van der Waals surface area (Å²) in [5.41, 5.74) is 0.428. The number of thiophene rings is 1. The van der Waals surface area contributed by atoms with Crippen LogP contribution in [0.25, 0.3) is 0 Å². The number of nitrogens with one attached hydrogen (secondary N) is 1. The molecular weight excluding hydrogens is 286 g/mol. The minimum absolute atomic E-state index is 0.428. The Kier molecular flexibility index (Phi) is 3.54. The molecule has 0 aliphatic rings. The molecule has 3 nitrogen and oxygen atoms in total. The van der Waals surface area contributed by atoms with Crippen LogP contribution in [-0.2, 0) is 6.54 Å². The number of anilines is 1. The predicted molar refractivity (Wildman–Crippen MR) is 68.3 cm³/mol. The first-order valence-electron chi connectivity index (χ1n) is 4.63. The van der Waals surface area contributed by atoms with Crippen LogP contribution in [0.15, 0.2) is 34.1 Å². The summed E-state index contributed by atoms with van der Waals surface area (Å²) in [6.45, 7) is 0.720. The van der Waals surface area contributed by atoms with Crippen LogP contribution in [0.1, 0.15) is 10.6 Å².